The molecule has 0 amide bonds. The molecular formula is C9H15NO4. The van der Waals surface area contributed by atoms with Crippen molar-refractivity contribution >= 4 is 5.97 Å². The highest BCUT2D eigenvalue weighted by Gasteiger charge is 2.34. The summed E-state index contributed by atoms with van der Waals surface area (Å²) in [5, 5.41) is 17.8. The summed E-state index contributed by atoms with van der Waals surface area (Å²) in [7, 11) is 0. The minimum Gasteiger partial charge on any atom is -0.479 e. The molecule has 2 aliphatic heterocycles. The SMILES string of the molecule is O=C(O)C1CCC(CN2CC(O)C2)O1. The molecule has 2 atom stereocenters. The Labute approximate surface area is 82.3 Å². The number of likely N-dealkylation sites (tertiary alicyclic amines) is 1. The Morgan fingerprint density at radius 3 is 2.64 bits per heavy atom. The number of hydrogen-bond acceptors (Lipinski definition) is 4. The predicted molar refractivity (Wildman–Crippen MR) is 48.0 cm³/mol. The number of rotatable bonds is 3. The second-order valence-electron chi connectivity index (χ2n) is 4.03. The highest BCUT2D eigenvalue weighted by molar-refractivity contribution is 5.72. The largest absolute Gasteiger partial charge is 0.479 e. The fourth-order valence-corrected chi connectivity index (χ4v) is 2.00. The van der Waals surface area contributed by atoms with Crippen LogP contribution in [0.2, 0.25) is 0 Å². The summed E-state index contributed by atoms with van der Waals surface area (Å²) in [6, 6.07) is 0. The Kier molecular flexibility index (Phi) is 2.71. The molecule has 2 N–H and O–H groups in total. The van der Waals surface area contributed by atoms with E-state index in [1.165, 1.54) is 0 Å². The first-order valence-electron chi connectivity index (χ1n) is 4.94. The van der Waals surface area contributed by atoms with E-state index < -0.39 is 12.1 Å². The van der Waals surface area contributed by atoms with Crippen molar-refractivity contribution in [2.75, 3.05) is 19.6 Å². The minimum atomic E-state index is -0.865. The number of aliphatic carboxylic acids is 1. The average Bonchev–Trinajstić information content (AvgIpc) is 2.50. The summed E-state index contributed by atoms with van der Waals surface area (Å²) in [5.41, 5.74) is 0. The van der Waals surface area contributed by atoms with Gasteiger partial charge in [-0.2, -0.15) is 0 Å². The van der Waals surface area contributed by atoms with E-state index in [4.69, 9.17) is 14.9 Å². The number of ether oxygens (including phenoxy) is 1. The molecule has 2 unspecified atom stereocenters. The van der Waals surface area contributed by atoms with Crippen LogP contribution in [0.25, 0.3) is 0 Å². The molecule has 80 valence electrons. The molecule has 0 radical (unpaired) electrons. The quantitative estimate of drug-likeness (QED) is 0.631. The smallest absolute Gasteiger partial charge is 0.332 e. The lowest BCUT2D eigenvalue weighted by molar-refractivity contribution is -0.150. The van der Waals surface area contributed by atoms with E-state index in [0.717, 1.165) is 13.0 Å². The maximum atomic E-state index is 10.6. The van der Waals surface area contributed by atoms with Crippen molar-refractivity contribution in [2.45, 2.75) is 31.2 Å². The number of aliphatic hydroxyl groups excluding tert-OH is 1. The zero-order valence-corrected chi connectivity index (χ0v) is 7.93. The third-order valence-corrected chi connectivity index (χ3v) is 2.78. The van der Waals surface area contributed by atoms with Gasteiger partial charge in [0.25, 0.3) is 0 Å². The Morgan fingerprint density at radius 1 is 1.43 bits per heavy atom. The molecule has 2 aliphatic rings. The van der Waals surface area contributed by atoms with Crippen LogP contribution in [0.5, 0.6) is 0 Å². The summed E-state index contributed by atoms with van der Waals surface area (Å²) in [4.78, 5) is 12.7. The summed E-state index contributed by atoms with van der Waals surface area (Å²) >= 11 is 0. The highest BCUT2D eigenvalue weighted by atomic mass is 16.5. The molecule has 0 saturated carbocycles. The van der Waals surface area contributed by atoms with E-state index in [9.17, 15) is 4.79 Å². The minimum absolute atomic E-state index is 0.0311. The Balaban J connectivity index is 1.71. The van der Waals surface area contributed by atoms with E-state index in [0.29, 0.717) is 19.5 Å². The molecule has 0 aromatic heterocycles. The Morgan fingerprint density at radius 2 is 2.14 bits per heavy atom. The van der Waals surface area contributed by atoms with Gasteiger partial charge in [-0.25, -0.2) is 4.79 Å². The summed E-state index contributed by atoms with van der Waals surface area (Å²) in [5.74, 6) is -0.865. The Hall–Kier alpha value is -0.650. The molecular weight excluding hydrogens is 186 g/mol. The molecule has 2 fully saturated rings. The molecule has 0 aromatic rings. The molecule has 0 aromatic carbocycles. The number of carbonyl (C=O) groups is 1. The molecule has 5 heteroatoms. The molecule has 0 spiro atoms. The van der Waals surface area contributed by atoms with Gasteiger partial charge in [0.2, 0.25) is 0 Å². The number of β-amino-alcohol motifs (C(OH)–C–C–N with tert-alkyl or cyclic N) is 1. The van der Waals surface area contributed by atoms with Crippen LogP contribution in [-0.2, 0) is 9.53 Å². The summed E-state index contributed by atoms with van der Waals surface area (Å²) < 4.78 is 5.34. The van der Waals surface area contributed by atoms with Crippen LogP contribution in [-0.4, -0.2) is 59.0 Å². The van der Waals surface area contributed by atoms with E-state index in [1.807, 2.05) is 0 Å². The maximum absolute atomic E-state index is 10.6. The van der Waals surface area contributed by atoms with Gasteiger partial charge >= 0.3 is 5.97 Å². The van der Waals surface area contributed by atoms with Crippen molar-refractivity contribution in [2.24, 2.45) is 0 Å². The van der Waals surface area contributed by atoms with E-state index in [2.05, 4.69) is 4.90 Å². The third kappa shape index (κ3) is 2.05. The molecule has 2 heterocycles. The second-order valence-corrected chi connectivity index (χ2v) is 4.03. The lowest BCUT2D eigenvalue weighted by Gasteiger charge is -2.37. The van der Waals surface area contributed by atoms with Crippen LogP contribution < -0.4 is 0 Å². The maximum Gasteiger partial charge on any atom is 0.332 e. The highest BCUT2D eigenvalue weighted by Crippen LogP contribution is 2.22. The van der Waals surface area contributed by atoms with Gasteiger partial charge in [0, 0.05) is 19.6 Å². The van der Waals surface area contributed by atoms with Crippen molar-refractivity contribution in [3.63, 3.8) is 0 Å². The van der Waals surface area contributed by atoms with Gasteiger partial charge in [0.15, 0.2) is 6.10 Å². The first kappa shape index (κ1) is 9.89. The van der Waals surface area contributed by atoms with Crippen LogP contribution in [0.1, 0.15) is 12.8 Å². The van der Waals surface area contributed by atoms with E-state index in [1.54, 1.807) is 0 Å². The van der Waals surface area contributed by atoms with Gasteiger partial charge < -0.3 is 14.9 Å². The monoisotopic (exact) mass is 201 g/mol. The Bertz CT molecular complexity index is 227. The van der Waals surface area contributed by atoms with Crippen LogP contribution in [0.4, 0.5) is 0 Å². The van der Waals surface area contributed by atoms with Crippen LogP contribution in [0, 0.1) is 0 Å². The standard InChI is InChI=1S/C9H15NO4/c11-6-3-10(4-6)5-7-1-2-8(14-7)9(12)13/h6-8,11H,1-5H2,(H,12,13). The van der Waals surface area contributed by atoms with E-state index in [-0.39, 0.29) is 12.2 Å². The van der Waals surface area contributed by atoms with Crippen LogP contribution in [0.15, 0.2) is 0 Å². The first-order valence-corrected chi connectivity index (χ1v) is 4.94. The molecule has 5 nitrogen and oxygen atoms in total. The third-order valence-electron chi connectivity index (χ3n) is 2.78. The lowest BCUT2D eigenvalue weighted by atomic mass is 10.1. The predicted octanol–water partition coefficient (Wildman–Crippen LogP) is -0.705. The van der Waals surface area contributed by atoms with Gasteiger partial charge in [-0.05, 0) is 12.8 Å². The summed E-state index contributed by atoms with van der Waals surface area (Å²) in [6.45, 7) is 2.13. The van der Waals surface area contributed by atoms with Crippen LogP contribution in [0.3, 0.4) is 0 Å². The van der Waals surface area contributed by atoms with Gasteiger partial charge in [-0.15, -0.1) is 0 Å². The van der Waals surface area contributed by atoms with Crippen molar-refractivity contribution < 1.29 is 19.7 Å². The molecule has 2 rings (SSSR count). The second kappa shape index (κ2) is 3.84. The molecule has 0 aliphatic carbocycles. The number of aliphatic hydroxyl groups is 1. The lowest BCUT2D eigenvalue weighted by Crippen LogP contribution is -2.53. The normalized spacial score (nSPS) is 34.4. The number of carboxylic acids is 1. The molecule has 2 saturated heterocycles. The number of hydrogen-bond donors (Lipinski definition) is 2. The molecule has 14 heavy (non-hydrogen) atoms. The topological polar surface area (TPSA) is 70.0 Å². The average molecular weight is 201 g/mol. The van der Waals surface area contributed by atoms with Gasteiger partial charge in [0.1, 0.15) is 0 Å². The summed E-state index contributed by atoms with van der Waals surface area (Å²) in [6.07, 6.45) is 0.626. The van der Waals surface area contributed by atoms with Crippen LogP contribution >= 0.6 is 0 Å². The van der Waals surface area contributed by atoms with Gasteiger partial charge in [-0.3, -0.25) is 4.90 Å². The van der Waals surface area contributed by atoms with Crippen molar-refractivity contribution in [3.05, 3.63) is 0 Å². The van der Waals surface area contributed by atoms with Crippen molar-refractivity contribution in [1.82, 2.24) is 4.90 Å². The van der Waals surface area contributed by atoms with Crippen molar-refractivity contribution in [3.8, 4) is 0 Å². The number of carboxylic acid groups (broad SMARTS) is 1. The first-order chi connectivity index (χ1) is 6.65. The van der Waals surface area contributed by atoms with Gasteiger partial charge in [-0.1, -0.05) is 0 Å². The fourth-order valence-electron chi connectivity index (χ4n) is 2.00. The van der Waals surface area contributed by atoms with E-state index >= 15 is 0 Å². The fraction of sp³-hybridized carbons (Fsp3) is 0.889. The van der Waals surface area contributed by atoms with Crippen molar-refractivity contribution in [1.29, 1.82) is 0 Å². The zero-order chi connectivity index (χ0) is 10.1. The molecule has 0 bridgehead atoms. The zero-order valence-electron chi connectivity index (χ0n) is 7.93. The van der Waals surface area contributed by atoms with Gasteiger partial charge in [0.05, 0.1) is 12.2 Å². The number of nitrogens with zero attached hydrogens (tertiary/aromatic N) is 1.